The van der Waals surface area contributed by atoms with Gasteiger partial charge in [0.05, 0.1) is 28.1 Å². The first-order valence-electron chi connectivity index (χ1n) is 10.8. The quantitative estimate of drug-likeness (QED) is 0.653. The zero-order chi connectivity index (χ0) is 21.8. The maximum absolute atomic E-state index is 12.7. The van der Waals surface area contributed by atoms with Crippen LogP contribution in [0.2, 0.25) is 5.02 Å². The van der Waals surface area contributed by atoms with Crippen molar-refractivity contribution in [2.24, 2.45) is 0 Å². The molecule has 3 aromatic rings. The number of benzene rings is 1. The van der Waals surface area contributed by atoms with Gasteiger partial charge in [0.1, 0.15) is 5.54 Å². The first-order valence-corrected chi connectivity index (χ1v) is 11.2. The van der Waals surface area contributed by atoms with E-state index in [-0.39, 0.29) is 11.6 Å². The molecule has 0 radical (unpaired) electrons. The summed E-state index contributed by atoms with van der Waals surface area (Å²) in [6.07, 6.45) is 6.92. The van der Waals surface area contributed by atoms with Crippen LogP contribution in [0.3, 0.4) is 0 Å². The van der Waals surface area contributed by atoms with E-state index < -0.39 is 5.54 Å². The molecule has 0 saturated carbocycles. The third kappa shape index (κ3) is 3.36. The summed E-state index contributed by atoms with van der Waals surface area (Å²) in [7, 11) is 0. The van der Waals surface area contributed by atoms with Gasteiger partial charge in [0.15, 0.2) is 0 Å². The monoisotopic (exact) mass is 438 g/mol. The van der Waals surface area contributed by atoms with E-state index in [0.717, 1.165) is 60.2 Å². The fourth-order valence-electron chi connectivity index (χ4n) is 5.02. The van der Waals surface area contributed by atoms with Crippen LogP contribution in [0.1, 0.15) is 33.6 Å². The molecule has 0 unspecified atom stereocenters. The van der Waals surface area contributed by atoms with Crippen molar-refractivity contribution < 1.29 is 4.79 Å². The number of nitrogens with zero attached hydrogens (tertiary/aromatic N) is 4. The second-order valence-electron chi connectivity index (χ2n) is 9.02. The van der Waals surface area contributed by atoms with Gasteiger partial charge in [-0.25, -0.2) is 0 Å². The van der Waals surface area contributed by atoms with Crippen molar-refractivity contribution >= 4 is 34.1 Å². The van der Waals surface area contributed by atoms with Gasteiger partial charge in [0.25, 0.3) is 0 Å². The van der Waals surface area contributed by atoms with E-state index in [1.807, 2.05) is 30.9 Å². The van der Waals surface area contributed by atoms with E-state index in [9.17, 15) is 4.79 Å². The molecule has 2 aromatic heterocycles. The first-order chi connectivity index (χ1) is 14.8. The maximum atomic E-state index is 12.7. The highest BCUT2D eigenvalue weighted by atomic mass is 35.5. The molecule has 8 heteroatoms. The Hall–Kier alpha value is -2.64. The van der Waals surface area contributed by atoms with Crippen LogP contribution in [0.25, 0.3) is 22.0 Å². The summed E-state index contributed by atoms with van der Waals surface area (Å²) in [5.41, 5.74) is 3.27. The molecule has 2 saturated heterocycles. The highest BCUT2D eigenvalue weighted by molar-refractivity contribution is 6.33. The van der Waals surface area contributed by atoms with Crippen LogP contribution in [-0.2, 0) is 11.3 Å². The fourth-order valence-corrected chi connectivity index (χ4v) is 5.30. The molecule has 5 rings (SSSR count). The van der Waals surface area contributed by atoms with Crippen LogP contribution in [-0.4, -0.2) is 45.0 Å². The molecule has 162 valence electrons. The Bertz CT molecular complexity index is 1160. The number of pyridine rings is 1. The molecule has 0 bridgehead atoms. The van der Waals surface area contributed by atoms with E-state index in [1.54, 1.807) is 6.20 Å². The number of nitrogens with one attached hydrogen (secondary N) is 2. The van der Waals surface area contributed by atoms with Gasteiger partial charge in [-0.1, -0.05) is 17.7 Å². The topological polar surface area (TPSA) is 75.1 Å². The normalized spacial score (nSPS) is 19.9. The van der Waals surface area contributed by atoms with E-state index in [4.69, 9.17) is 11.6 Å². The molecule has 1 aromatic carbocycles. The molecule has 2 aliphatic heterocycles. The van der Waals surface area contributed by atoms with Crippen molar-refractivity contribution in [3.05, 3.63) is 41.8 Å². The van der Waals surface area contributed by atoms with Gasteiger partial charge < -0.3 is 10.2 Å². The van der Waals surface area contributed by atoms with Crippen LogP contribution in [0.4, 0.5) is 5.69 Å². The lowest BCUT2D eigenvalue weighted by Gasteiger charge is -2.40. The summed E-state index contributed by atoms with van der Waals surface area (Å²) >= 11 is 6.67. The SMILES string of the molecule is CCn1ncc2cc(-c3cncc(Cl)c3N3CCC4(CC3)NC(C)(C)NC4=O)ccc21. The predicted octanol–water partition coefficient (Wildman–Crippen LogP) is 3.57. The third-order valence-corrected chi connectivity index (χ3v) is 6.75. The highest BCUT2D eigenvalue weighted by Gasteiger charge is 2.51. The second kappa shape index (κ2) is 7.21. The Balaban J connectivity index is 1.47. The lowest BCUT2D eigenvalue weighted by molar-refractivity contribution is -0.125. The minimum Gasteiger partial charge on any atom is -0.370 e. The fraction of sp³-hybridized carbons (Fsp3) is 0.435. The Kier molecular flexibility index (Phi) is 4.71. The molecule has 2 N–H and O–H groups in total. The number of carbonyl (C=O) groups is 1. The van der Waals surface area contributed by atoms with E-state index in [2.05, 4.69) is 50.7 Å². The molecule has 1 amide bonds. The number of fused-ring (bicyclic) bond motifs is 1. The van der Waals surface area contributed by atoms with Crippen LogP contribution >= 0.6 is 11.6 Å². The lowest BCUT2D eigenvalue weighted by Crippen LogP contribution is -2.56. The smallest absolute Gasteiger partial charge is 0.241 e. The predicted molar refractivity (Wildman–Crippen MR) is 123 cm³/mol. The summed E-state index contributed by atoms with van der Waals surface area (Å²) in [5.74, 6) is 0.0941. The molecule has 7 nitrogen and oxygen atoms in total. The van der Waals surface area contributed by atoms with Gasteiger partial charge in [0.2, 0.25) is 5.91 Å². The average molecular weight is 439 g/mol. The molecule has 1 spiro atoms. The number of aryl methyl sites for hydroxylation is 1. The Morgan fingerprint density at radius 1 is 1.16 bits per heavy atom. The molecule has 4 heterocycles. The summed E-state index contributed by atoms with van der Waals surface area (Å²) in [6.45, 7) is 8.40. The highest BCUT2D eigenvalue weighted by Crippen LogP contribution is 2.40. The minimum absolute atomic E-state index is 0.0941. The largest absolute Gasteiger partial charge is 0.370 e. The van der Waals surface area contributed by atoms with Crippen molar-refractivity contribution in [2.45, 2.75) is 51.4 Å². The maximum Gasteiger partial charge on any atom is 0.241 e. The summed E-state index contributed by atoms with van der Waals surface area (Å²) in [5, 5.41) is 12.8. The number of rotatable bonds is 3. The van der Waals surface area contributed by atoms with Crippen LogP contribution in [0.15, 0.2) is 36.8 Å². The number of carbonyl (C=O) groups excluding carboxylic acids is 1. The van der Waals surface area contributed by atoms with E-state index in [0.29, 0.717) is 5.02 Å². The Labute approximate surface area is 186 Å². The number of amides is 1. The number of halogens is 1. The standard InChI is InChI=1S/C23H27ClN6O/c1-4-30-19-6-5-15(11-16(19)12-26-30)17-13-25-14-18(24)20(17)29-9-7-23(8-10-29)21(31)27-22(2,3)28-23/h5-6,11-14,28H,4,7-10H2,1-3H3,(H,27,31). The van der Waals surface area contributed by atoms with E-state index in [1.165, 1.54) is 0 Å². The van der Waals surface area contributed by atoms with Crippen LogP contribution in [0, 0.1) is 0 Å². The summed E-state index contributed by atoms with van der Waals surface area (Å²) in [6, 6.07) is 6.35. The van der Waals surface area contributed by atoms with Gasteiger partial charge >= 0.3 is 0 Å². The number of piperidine rings is 1. The van der Waals surface area contributed by atoms with Crippen molar-refractivity contribution in [3.8, 4) is 11.1 Å². The van der Waals surface area contributed by atoms with Crippen molar-refractivity contribution in [1.29, 1.82) is 0 Å². The molecular weight excluding hydrogens is 412 g/mol. The number of anilines is 1. The number of hydrogen-bond donors (Lipinski definition) is 2. The van der Waals surface area contributed by atoms with Gasteiger partial charge in [-0.15, -0.1) is 0 Å². The zero-order valence-corrected chi connectivity index (χ0v) is 18.8. The molecule has 2 fully saturated rings. The zero-order valence-electron chi connectivity index (χ0n) is 18.1. The van der Waals surface area contributed by atoms with Crippen molar-refractivity contribution in [1.82, 2.24) is 25.4 Å². The first kappa shape index (κ1) is 20.3. The molecule has 0 aliphatic carbocycles. The minimum atomic E-state index is -0.507. The molecule has 2 aliphatic rings. The van der Waals surface area contributed by atoms with Crippen LogP contribution < -0.4 is 15.5 Å². The number of aromatic nitrogens is 3. The van der Waals surface area contributed by atoms with E-state index >= 15 is 0 Å². The second-order valence-corrected chi connectivity index (χ2v) is 9.43. The summed E-state index contributed by atoms with van der Waals surface area (Å²) in [4.78, 5) is 19.3. The third-order valence-electron chi connectivity index (χ3n) is 6.47. The average Bonchev–Trinajstić information content (AvgIpc) is 3.25. The van der Waals surface area contributed by atoms with Crippen LogP contribution in [0.5, 0.6) is 0 Å². The summed E-state index contributed by atoms with van der Waals surface area (Å²) < 4.78 is 1.99. The Morgan fingerprint density at radius 2 is 1.94 bits per heavy atom. The van der Waals surface area contributed by atoms with Crippen molar-refractivity contribution in [3.63, 3.8) is 0 Å². The molecular formula is C23H27ClN6O. The van der Waals surface area contributed by atoms with Gasteiger partial charge in [-0.05, 0) is 51.3 Å². The van der Waals surface area contributed by atoms with Gasteiger partial charge in [-0.2, -0.15) is 5.10 Å². The molecule has 31 heavy (non-hydrogen) atoms. The van der Waals surface area contributed by atoms with Gasteiger partial charge in [0, 0.05) is 43.0 Å². The Morgan fingerprint density at radius 3 is 2.61 bits per heavy atom. The lowest BCUT2D eigenvalue weighted by atomic mass is 9.87. The van der Waals surface area contributed by atoms with Crippen molar-refractivity contribution in [2.75, 3.05) is 18.0 Å². The number of hydrogen-bond acceptors (Lipinski definition) is 5. The molecule has 0 atom stereocenters. The van der Waals surface area contributed by atoms with Gasteiger partial charge in [-0.3, -0.25) is 19.8 Å².